The zero-order valence-corrected chi connectivity index (χ0v) is 9.25. The second-order valence-corrected chi connectivity index (χ2v) is 4.07. The highest BCUT2D eigenvalue weighted by Crippen LogP contribution is 2.20. The van der Waals surface area contributed by atoms with Crippen molar-refractivity contribution in [3.63, 3.8) is 0 Å². The van der Waals surface area contributed by atoms with Crippen molar-refractivity contribution in [3.8, 4) is 0 Å². The SMILES string of the molecule is CC(C)(CO)Nc1ncnc(Cl)c1C=O. The van der Waals surface area contributed by atoms with E-state index >= 15 is 0 Å². The van der Waals surface area contributed by atoms with E-state index < -0.39 is 5.54 Å². The number of nitrogens with zero attached hydrogens (tertiary/aromatic N) is 2. The summed E-state index contributed by atoms with van der Waals surface area (Å²) in [6.45, 7) is 3.46. The summed E-state index contributed by atoms with van der Waals surface area (Å²) < 4.78 is 0. The predicted molar refractivity (Wildman–Crippen MR) is 57.2 cm³/mol. The molecule has 0 atom stereocenters. The fraction of sp³-hybridized carbons (Fsp3) is 0.444. The van der Waals surface area contributed by atoms with E-state index in [4.69, 9.17) is 16.7 Å². The molecule has 15 heavy (non-hydrogen) atoms. The first-order valence-corrected chi connectivity index (χ1v) is 4.72. The van der Waals surface area contributed by atoms with Crippen molar-refractivity contribution < 1.29 is 9.90 Å². The van der Waals surface area contributed by atoms with E-state index in [9.17, 15) is 4.79 Å². The van der Waals surface area contributed by atoms with E-state index in [1.807, 2.05) is 0 Å². The highest BCUT2D eigenvalue weighted by Gasteiger charge is 2.19. The molecule has 82 valence electrons. The number of aliphatic hydroxyl groups excluding tert-OH is 1. The van der Waals surface area contributed by atoms with Crippen LogP contribution in [-0.2, 0) is 0 Å². The number of hydrogen-bond donors (Lipinski definition) is 2. The summed E-state index contributed by atoms with van der Waals surface area (Å²) in [5, 5.41) is 12.1. The first-order valence-electron chi connectivity index (χ1n) is 4.35. The van der Waals surface area contributed by atoms with Crippen LogP contribution in [-0.4, -0.2) is 33.5 Å². The summed E-state index contributed by atoms with van der Waals surface area (Å²) >= 11 is 5.72. The summed E-state index contributed by atoms with van der Waals surface area (Å²) in [6.07, 6.45) is 1.84. The molecular weight excluding hydrogens is 218 g/mol. The number of carbonyl (C=O) groups excluding carboxylic acids is 1. The van der Waals surface area contributed by atoms with Gasteiger partial charge in [-0.05, 0) is 13.8 Å². The molecule has 5 nitrogen and oxygen atoms in total. The van der Waals surface area contributed by atoms with Gasteiger partial charge in [0, 0.05) is 0 Å². The number of aromatic nitrogens is 2. The molecular formula is C9H12ClN3O2. The van der Waals surface area contributed by atoms with Crippen molar-refractivity contribution in [2.45, 2.75) is 19.4 Å². The van der Waals surface area contributed by atoms with Gasteiger partial charge < -0.3 is 10.4 Å². The number of halogens is 1. The van der Waals surface area contributed by atoms with Gasteiger partial charge in [0.25, 0.3) is 0 Å². The van der Waals surface area contributed by atoms with Crippen molar-refractivity contribution in [2.24, 2.45) is 0 Å². The Morgan fingerprint density at radius 3 is 2.80 bits per heavy atom. The van der Waals surface area contributed by atoms with Crippen LogP contribution in [0, 0.1) is 0 Å². The molecule has 0 saturated heterocycles. The summed E-state index contributed by atoms with van der Waals surface area (Å²) in [7, 11) is 0. The maximum absolute atomic E-state index is 10.8. The van der Waals surface area contributed by atoms with Crippen molar-refractivity contribution in [2.75, 3.05) is 11.9 Å². The fourth-order valence-corrected chi connectivity index (χ4v) is 1.12. The molecule has 0 saturated carbocycles. The van der Waals surface area contributed by atoms with E-state index in [1.54, 1.807) is 13.8 Å². The molecule has 0 aliphatic carbocycles. The van der Waals surface area contributed by atoms with E-state index in [1.165, 1.54) is 6.33 Å². The highest BCUT2D eigenvalue weighted by atomic mass is 35.5. The third-order valence-electron chi connectivity index (χ3n) is 1.81. The average molecular weight is 230 g/mol. The molecule has 0 radical (unpaired) electrons. The van der Waals surface area contributed by atoms with Crippen LogP contribution in [0.5, 0.6) is 0 Å². The van der Waals surface area contributed by atoms with E-state index in [0.29, 0.717) is 12.1 Å². The number of aldehydes is 1. The van der Waals surface area contributed by atoms with Gasteiger partial charge in [-0.1, -0.05) is 11.6 Å². The Balaban J connectivity index is 3.04. The van der Waals surface area contributed by atoms with Crippen LogP contribution in [0.2, 0.25) is 5.15 Å². The van der Waals surface area contributed by atoms with Gasteiger partial charge in [0.2, 0.25) is 0 Å². The van der Waals surface area contributed by atoms with Crippen molar-refractivity contribution in [3.05, 3.63) is 17.0 Å². The Bertz CT molecular complexity index is 368. The molecule has 0 aliphatic rings. The monoisotopic (exact) mass is 229 g/mol. The maximum atomic E-state index is 10.8. The second-order valence-electron chi connectivity index (χ2n) is 3.71. The van der Waals surface area contributed by atoms with Crippen LogP contribution < -0.4 is 5.32 Å². The molecule has 1 rings (SSSR count). The molecule has 0 aromatic carbocycles. The van der Waals surface area contributed by atoms with Crippen molar-refractivity contribution in [1.29, 1.82) is 0 Å². The van der Waals surface area contributed by atoms with E-state index in [-0.39, 0.29) is 17.3 Å². The topological polar surface area (TPSA) is 75.1 Å². The van der Waals surface area contributed by atoms with Gasteiger partial charge >= 0.3 is 0 Å². The van der Waals surface area contributed by atoms with E-state index in [0.717, 1.165) is 0 Å². The van der Waals surface area contributed by atoms with Gasteiger partial charge in [0.05, 0.1) is 17.7 Å². The van der Waals surface area contributed by atoms with Gasteiger partial charge in [-0.25, -0.2) is 9.97 Å². The molecule has 0 unspecified atom stereocenters. The summed E-state index contributed by atoms with van der Waals surface area (Å²) in [5.74, 6) is 0.323. The minimum atomic E-state index is -0.574. The number of nitrogens with one attached hydrogen (secondary N) is 1. The molecule has 0 fully saturated rings. The standard InChI is InChI=1S/C9H12ClN3O2/c1-9(2,4-15)13-8-6(3-14)7(10)11-5-12-8/h3,5,15H,4H2,1-2H3,(H,11,12,13). The Morgan fingerprint density at radius 1 is 1.60 bits per heavy atom. The van der Waals surface area contributed by atoms with Gasteiger partial charge in [0.15, 0.2) is 6.29 Å². The van der Waals surface area contributed by atoms with Crippen LogP contribution in [0.3, 0.4) is 0 Å². The van der Waals surface area contributed by atoms with Crippen LogP contribution in [0.1, 0.15) is 24.2 Å². The molecule has 0 aliphatic heterocycles. The summed E-state index contributed by atoms with van der Waals surface area (Å²) in [6, 6.07) is 0. The van der Waals surface area contributed by atoms with Crippen molar-refractivity contribution >= 4 is 23.7 Å². The number of anilines is 1. The van der Waals surface area contributed by atoms with Gasteiger partial charge in [-0.15, -0.1) is 0 Å². The molecule has 0 amide bonds. The number of aliphatic hydroxyl groups is 1. The lowest BCUT2D eigenvalue weighted by Gasteiger charge is -2.24. The maximum Gasteiger partial charge on any atom is 0.156 e. The number of hydrogen-bond acceptors (Lipinski definition) is 5. The fourth-order valence-electron chi connectivity index (χ4n) is 0.938. The molecule has 1 aromatic rings. The van der Waals surface area contributed by atoms with Gasteiger partial charge in [0.1, 0.15) is 17.3 Å². The average Bonchev–Trinajstić information content (AvgIpc) is 2.18. The second kappa shape index (κ2) is 4.55. The quantitative estimate of drug-likeness (QED) is 0.598. The third kappa shape index (κ3) is 2.87. The normalized spacial score (nSPS) is 11.2. The Labute approximate surface area is 92.5 Å². The summed E-state index contributed by atoms with van der Waals surface area (Å²) in [4.78, 5) is 18.3. The Hall–Kier alpha value is -1.20. The van der Waals surface area contributed by atoms with Crippen LogP contribution >= 0.6 is 11.6 Å². The first kappa shape index (κ1) is 11.9. The van der Waals surface area contributed by atoms with Gasteiger partial charge in [-0.3, -0.25) is 4.79 Å². The minimum absolute atomic E-state index is 0.0904. The molecule has 0 spiro atoms. The Kier molecular flexibility index (Phi) is 3.60. The molecule has 6 heteroatoms. The van der Waals surface area contributed by atoms with Crippen LogP contribution in [0.15, 0.2) is 6.33 Å². The molecule has 2 N–H and O–H groups in total. The molecule has 1 heterocycles. The predicted octanol–water partition coefficient (Wildman–Crippen LogP) is 1.13. The largest absolute Gasteiger partial charge is 0.394 e. The highest BCUT2D eigenvalue weighted by molar-refractivity contribution is 6.32. The Morgan fingerprint density at radius 2 is 2.27 bits per heavy atom. The lowest BCUT2D eigenvalue weighted by molar-refractivity contribution is 0.112. The van der Waals surface area contributed by atoms with Crippen LogP contribution in [0.4, 0.5) is 5.82 Å². The lowest BCUT2D eigenvalue weighted by Crippen LogP contribution is -2.35. The number of carbonyl (C=O) groups is 1. The zero-order chi connectivity index (χ0) is 11.5. The lowest BCUT2D eigenvalue weighted by atomic mass is 10.1. The third-order valence-corrected chi connectivity index (χ3v) is 2.11. The smallest absolute Gasteiger partial charge is 0.156 e. The van der Waals surface area contributed by atoms with Crippen molar-refractivity contribution in [1.82, 2.24) is 9.97 Å². The van der Waals surface area contributed by atoms with Crippen LogP contribution in [0.25, 0.3) is 0 Å². The van der Waals surface area contributed by atoms with E-state index in [2.05, 4.69) is 15.3 Å². The summed E-state index contributed by atoms with van der Waals surface area (Å²) in [5.41, 5.74) is -0.379. The zero-order valence-electron chi connectivity index (χ0n) is 8.49. The number of rotatable bonds is 4. The minimum Gasteiger partial charge on any atom is -0.394 e. The molecule has 1 aromatic heterocycles. The van der Waals surface area contributed by atoms with Gasteiger partial charge in [-0.2, -0.15) is 0 Å². The first-order chi connectivity index (χ1) is 7.00. The molecule has 0 bridgehead atoms.